The van der Waals surface area contributed by atoms with Crippen molar-refractivity contribution in [2.45, 2.75) is 26.1 Å². The smallest absolute Gasteiger partial charge is 0.198 e. The van der Waals surface area contributed by atoms with Crippen molar-refractivity contribution in [3.8, 4) is 20.9 Å². The van der Waals surface area contributed by atoms with Gasteiger partial charge in [0.25, 0.3) is 0 Å². The van der Waals surface area contributed by atoms with Crippen LogP contribution in [0.15, 0.2) is 71.4 Å². The van der Waals surface area contributed by atoms with E-state index in [0.717, 1.165) is 32.0 Å². The van der Waals surface area contributed by atoms with Crippen molar-refractivity contribution < 1.29 is 15.0 Å². The minimum Gasteiger partial charge on any atom is -0.380 e. The Morgan fingerprint density at radius 2 is 1.17 bits per heavy atom. The molecule has 2 heterocycles. The molecule has 0 bridgehead atoms. The second-order valence-electron chi connectivity index (χ2n) is 7.34. The molecule has 0 saturated carbocycles. The Hall–Kier alpha value is -2.57. The van der Waals surface area contributed by atoms with E-state index in [9.17, 15) is 15.0 Å². The summed E-state index contributed by atoms with van der Waals surface area (Å²) in [6.07, 6.45) is -2.85. The molecule has 2 aromatic heterocycles. The molecular formula is C25H22O3S2. The molecule has 0 spiro atoms. The van der Waals surface area contributed by atoms with E-state index in [4.69, 9.17) is 0 Å². The molecule has 2 unspecified atom stereocenters. The Kier molecular flexibility index (Phi) is 5.97. The highest BCUT2D eigenvalue weighted by Gasteiger charge is 2.30. The lowest BCUT2D eigenvalue weighted by Crippen LogP contribution is -2.21. The fourth-order valence-electron chi connectivity index (χ4n) is 3.59. The standard InChI is InChI=1S/C25H22O3S2/c1-15-7-9-17(21-5-3-11-29-21)19(13-15)23(26)25(28)24(27)20-14-16(2)8-10-18(20)22-6-4-12-30-22/h3-14,23-24,26-27H,1-2H3. The first-order valence-electron chi connectivity index (χ1n) is 9.64. The molecule has 0 saturated heterocycles. The molecule has 0 aliphatic heterocycles. The second kappa shape index (κ2) is 8.66. The number of aliphatic hydroxyl groups excluding tert-OH is 2. The molecule has 2 aromatic carbocycles. The van der Waals surface area contributed by atoms with Crippen LogP contribution in [0.3, 0.4) is 0 Å². The normalized spacial score (nSPS) is 13.2. The molecule has 2 N–H and O–H groups in total. The van der Waals surface area contributed by atoms with Gasteiger partial charge < -0.3 is 10.2 Å². The molecule has 0 aliphatic carbocycles. The Morgan fingerprint density at radius 3 is 1.53 bits per heavy atom. The van der Waals surface area contributed by atoms with Gasteiger partial charge in [-0.15, -0.1) is 22.7 Å². The van der Waals surface area contributed by atoms with E-state index in [-0.39, 0.29) is 0 Å². The maximum Gasteiger partial charge on any atom is 0.198 e. The lowest BCUT2D eigenvalue weighted by Gasteiger charge is -2.20. The fourth-order valence-corrected chi connectivity index (χ4v) is 5.13. The Morgan fingerprint density at radius 1 is 0.733 bits per heavy atom. The van der Waals surface area contributed by atoms with Crippen molar-refractivity contribution in [2.24, 2.45) is 0 Å². The maximum absolute atomic E-state index is 13.2. The number of carbonyl (C=O) groups excluding carboxylic acids is 1. The Balaban J connectivity index is 1.73. The van der Waals surface area contributed by atoms with Crippen molar-refractivity contribution in [3.05, 3.63) is 93.7 Å². The van der Waals surface area contributed by atoms with Gasteiger partial charge in [-0.1, -0.05) is 59.7 Å². The topological polar surface area (TPSA) is 57.5 Å². The number of carbonyl (C=O) groups is 1. The summed E-state index contributed by atoms with van der Waals surface area (Å²) in [5, 5.41) is 25.9. The van der Waals surface area contributed by atoms with Crippen LogP contribution in [0, 0.1) is 13.8 Å². The van der Waals surface area contributed by atoms with Crippen LogP contribution >= 0.6 is 22.7 Å². The summed E-state index contributed by atoms with van der Waals surface area (Å²) in [4.78, 5) is 15.2. The highest BCUT2D eigenvalue weighted by molar-refractivity contribution is 7.13. The third kappa shape index (κ3) is 4.02. The summed E-state index contributed by atoms with van der Waals surface area (Å²) >= 11 is 3.10. The SMILES string of the molecule is Cc1ccc(-c2cccs2)c(C(O)C(=O)C(O)c2cc(C)ccc2-c2cccs2)c1. The summed E-state index contributed by atoms with van der Waals surface area (Å²) in [6.45, 7) is 3.84. The molecule has 3 nitrogen and oxygen atoms in total. The molecule has 0 radical (unpaired) electrons. The van der Waals surface area contributed by atoms with Crippen LogP contribution in [0.1, 0.15) is 34.5 Å². The number of hydrogen-bond donors (Lipinski definition) is 2. The molecule has 4 aromatic rings. The molecule has 2 atom stereocenters. The van der Waals surface area contributed by atoms with Gasteiger partial charge in [0.15, 0.2) is 5.78 Å². The van der Waals surface area contributed by atoms with Crippen LogP contribution in [0.25, 0.3) is 20.9 Å². The third-order valence-corrected chi connectivity index (χ3v) is 6.92. The van der Waals surface area contributed by atoms with Crippen LogP contribution < -0.4 is 0 Å². The molecule has 30 heavy (non-hydrogen) atoms. The molecule has 152 valence electrons. The van der Waals surface area contributed by atoms with Gasteiger partial charge in [-0.25, -0.2) is 0 Å². The monoisotopic (exact) mass is 434 g/mol. The van der Waals surface area contributed by atoms with Crippen molar-refractivity contribution in [1.29, 1.82) is 0 Å². The Bertz CT molecular complexity index is 1070. The first-order chi connectivity index (χ1) is 14.5. The number of benzene rings is 2. The van der Waals surface area contributed by atoms with Gasteiger partial charge in [0.1, 0.15) is 12.2 Å². The highest BCUT2D eigenvalue weighted by atomic mass is 32.1. The minimum atomic E-state index is -1.42. The maximum atomic E-state index is 13.2. The Labute approximate surface area is 183 Å². The van der Waals surface area contributed by atoms with Gasteiger partial charge in [0.2, 0.25) is 0 Å². The first-order valence-corrected chi connectivity index (χ1v) is 11.4. The lowest BCUT2D eigenvalue weighted by atomic mass is 9.90. The van der Waals surface area contributed by atoms with E-state index >= 15 is 0 Å². The largest absolute Gasteiger partial charge is 0.380 e. The molecule has 4 rings (SSSR count). The minimum absolute atomic E-state index is 0.520. The summed E-state index contributed by atoms with van der Waals surface area (Å²) in [5.41, 5.74) is 4.55. The van der Waals surface area contributed by atoms with Crippen LogP contribution in [0.4, 0.5) is 0 Å². The van der Waals surface area contributed by atoms with E-state index in [1.54, 1.807) is 22.7 Å². The zero-order chi connectivity index (χ0) is 21.3. The zero-order valence-electron chi connectivity index (χ0n) is 16.7. The number of rotatable bonds is 6. The predicted molar refractivity (Wildman–Crippen MR) is 124 cm³/mol. The zero-order valence-corrected chi connectivity index (χ0v) is 18.3. The first kappa shape index (κ1) is 20.7. The van der Waals surface area contributed by atoms with Gasteiger partial charge in [-0.3, -0.25) is 4.79 Å². The van der Waals surface area contributed by atoms with E-state index < -0.39 is 18.0 Å². The van der Waals surface area contributed by atoms with Gasteiger partial charge in [0, 0.05) is 9.75 Å². The molecule has 5 heteroatoms. The van der Waals surface area contributed by atoms with Crippen LogP contribution in [-0.4, -0.2) is 16.0 Å². The van der Waals surface area contributed by atoms with Crippen molar-refractivity contribution in [1.82, 2.24) is 0 Å². The van der Waals surface area contributed by atoms with E-state index in [0.29, 0.717) is 11.1 Å². The highest BCUT2D eigenvalue weighted by Crippen LogP contribution is 2.37. The average molecular weight is 435 g/mol. The summed E-state index contributed by atoms with van der Waals surface area (Å²) in [6, 6.07) is 19.2. The number of Topliss-reactive ketones (excluding diaryl/α,β-unsaturated/α-hetero) is 1. The predicted octanol–water partition coefficient (Wildman–Crippen LogP) is 6.10. The molecule has 0 fully saturated rings. The van der Waals surface area contributed by atoms with E-state index in [2.05, 4.69) is 0 Å². The number of thiophene rings is 2. The van der Waals surface area contributed by atoms with Gasteiger partial charge in [-0.05, 0) is 59.0 Å². The van der Waals surface area contributed by atoms with Crippen LogP contribution in [-0.2, 0) is 4.79 Å². The number of aryl methyl sites for hydroxylation is 2. The molecule has 0 amide bonds. The second-order valence-corrected chi connectivity index (χ2v) is 9.24. The van der Waals surface area contributed by atoms with E-state index in [1.165, 1.54) is 0 Å². The van der Waals surface area contributed by atoms with Crippen LogP contribution in [0.2, 0.25) is 0 Å². The quantitative estimate of drug-likeness (QED) is 0.386. The summed E-state index contributed by atoms with van der Waals surface area (Å²) in [5.74, 6) is -0.623. The van der Waals surface area contributed by atoms with Crippen molar-refractivity contribution in [2.75, 3.05) is 0 Å². The van der Waals surface area contributed by atoms with Gasteiger partial charge in [0.05, 0.1) is 0 Å². The van der Waals surface area contributed by atoms with Crippen molar-refractivity contribution in [3.63, 3.8) is 0 Å². The summed E-state index contributed by atoms with van der Waals surface area (Å²) in [7, 11) is 0. The average Bonchev–Trinajstić information content (AvgIpc) is 3.46. The lowest BCUT2D eigenvalue weighted by molar-refractivity contribution is -0.136. The van der Waals surface area contributed by atoms with Gasteiger partial charge in [-0.2, -0.15) is 0 Å². The number of ketones is 1. The van der Waals surface area contributed by atoms with Crippen LogP contribution in [0.5, 0.6) is 0 Å². The number of hydrogen-bond acceptors (Lipinski definition) is 5. The number of aliphatic hydroxyl groups is 2. The van der Waals surface area contributed by atoms with E-state index in [1.807, 2.05) is 85.3 Å². The van der Waals surface area contributed by atoms with Gasteiger partial charge >= 0.3 is 0 Å². The summed E-state index contributed by atoms with van der Waals surface area (Å²) < 4.78 is 0. The van der Waals surface area contributed by atoms with Crippen molar-refractivity contribution >= 4 is 28.5 Å². The molecular weight excluding hydrogens is 412 g/mol. The fraction of sp³-hybridized carbons (Fsp3) is 0.160. The third-order valence-electron chi connectivity index (χ3n) is 5.12. The molecule has 0 aliphatic rings.